The van der Waals surface area contributed by atoms with Crippen LogP contribution in [0.3, 0.4) is 0 Å². The molecule has 0 aliphatic heterocycles. The van der Waals surface area contributed by atoms with Crippen LogP contribution in [0.1, 0.15) is 60.3 Å². The zero-order chi connectivity index (χ0) is 13.1. The number of hydrogen-bond acceptors (Lipinski definition) is 2. The zero-order valence-corrected chi connectivity index (χ0v) is 12.3. The lowest BCUT2D eigenvalue weighted by molar-refractivity contribution is -0.0662. The van der Waals surface area contributed by atoms with Crippen LogP contribution >= 0.6 is 0 Å². The maximum Gasteiger partial charge on any atom is 0.0804 e. The van der Waals surface area contributed by atoms with E-state index in [1.54, 1.807) is 0 Å². The number of rotatable bonds is 5. The van der Waals surface area contributed by atoms with Crippen LogP contribution in [0.25, 0.3) is 0 Å². The van der Waals surface area contributed by atoms with Crippen molar-refractivity contribution in [2.45, 2.75) is 71.9 Å². The summed E-state index contributed by atoms with van der Waals surface area (Å²) in [5.41, 5.74) is 6.37. The Bertz CT molecular complexity index is 231. The van der Waals surface area contributed by atoms with Gasteiger partial charge in [0.1, 0.15) is 0 Å². The van der Waals surface area contributed by atoms with Gasteiger partial charge in [-0.1, -0.05) is 27.2 Å². The minimum Gasteiger partial charge on any atom is -0.374 e. The highest BCUT2D eigenvalue weighted by molar-refractivity contribution is 4.93. The van der Waals surface area contributed by atoms with E-state index in [0.717, 1.165) is 24.9 Å². The first-order chi connectivity index (χ1) is 7.94. The van der Waals surface area contributed by atoms with Crippen LogP contribution in [0.2, 0.25) is 0 Å². The van der Waals surface area contributed by atoms with Gasteiger partial charge in [0, 0.05) is 12.6 Å². The van der Waals surface area contributed by atoms with E-state index in [4.69, 9.17) is 10.5 Å². The first-order valence-electron chi connectivity index (χ1n) is 7.34. The second-order valence-electron chi connectivity index (χ2n) is 6.15. The lowest BCUT2D eigenvalue weighted by atomic mass is 9.70. The maximum atomic E-state index is 6.51. The Hall–Kier alpha value is -0.0800. The molecule has 0 spiro atoms. The van der Waals surface area contributed by atoms with Crippen molar-refractivity contribution in [1.29, 1.82) is 0 Å². The fraction of sp³-hybridized carbons (Fsp3) is 1.00. The predicted molar refractivity (Wildman–Crippen MR) is 74.0 cm³/mol. The van der Waals surface area contributed by atoms with Gasteiger partial charge in [-0.3, -0.25) is 0 Å². The van der Waals surface area contributed by atoms with Crippen molar-refractivity contribution in [3.8, 4) is 0 Å². The third kappa shape index (κ3) is 3.45. The molecule has 1 aliphatic carbocycles. The molecule has 2 N–H and O–H groups in total. The fourth-order valence-corrected chi connectivity index (χ4v) is 3.18. The van der Waals surface area contributed by atoms with Gasteiger partial charge in [-0.2, -0.15) is 0 Å². The molecule has 0 aromatic rings. The Balaban J connectivity index is 2.65. The molecule has 5 atom stereocenters. The number of ether oxygens (including phenoxy) is 1. The molecule has 2 nitrogen and oxygen atoms in total. The molecule has 1 rings (SSSR count). The quantitative estimate of drug-likeness (QED) is 0.798. The Morgan fingerprint density at radius 1 is 1.24 bits per heavy atom. The topological polar surface area (TPSA) is 35.2 Å². The summed E-state index contributed by atoms with van der Waals surface area (Å²) in [5, 5.41) is 0. The van der Waals surface area contributed by atoms with E-state index >= 15 is 0 Å². The molecule has 0 saturated heterocycles. The molecule has 0 amide bonds. The molecular formula is C15H31NO. The van der Waals surface area contributed by atoms with Gasteiger partial charge in [0.05, 0.1) is 5.60 Å². The second-order valence-corrected chi connectivity index (χ2v) is 6.15. The molecule has 2 heteroatoms. The minimum absolute atomic E-state index is 0.139. The smallest absolute Gasteiger partial charge is 0.0804 e. The molecular weight excluding hydrogens is 210 g/mol. The third-order valence-corrected chi connectivity index (χ3v) is 5.03. The molecule has 102 valence electrons. The van der Waals surface area contributed by atoms with Crippen molar-refractivity contribution in [2.75, 3.05) is 6.61 Å². The Labute approximate surface area is 107 Å². The van der Waals surface area contributed by atoms with Crippen LogP contribution in [0.4, 0.5) is 0 Å². The molecule has 1 aliphatic rings. The van der Waals surface area contributed by atoms with E-state index in [1.165, 1.54) is 19.3 Å². The van der Waals surface area contributed by atoms with Crippen LogP contribution in [0.5, 0.6) is 0 Å². The summed E-state index contributed by atoms with van der Waals surface area (Å²) in [4.78, 5) is 0. The molecule has 1 saturated carbocycles. The van der Waals surface area contributed by atoms with E-state index < -0.39 is 0 Å². The zero-order valence-electron chi connectivity index (χ0n) is 12.3. The lowest BCUT2D eigenvalue weighted by Gasteiger charge is -2.43. The van der Waals surface area contributed by atoms with E-state index in [2.05, 4.69) is 34.6 Å². The van der Waals surface area contributed by atoms with Gasteiger partial charge in [-0.25, -0.2) is 0 Å². The van der Waals surface area contributed by atoms with Crippen molar-refractivity contribution in [3.05, 3.63) is 0 Å². The summed E-state index contributed by atoms with van der Waals surface area (Å²) in [5.74, 6) is 2.30. The molecule has 17 heavy (non-hydrogen) atoms. The van der Waals surface area contributed by atoms with E-state index in [1.807, 2.05) is 0 Å². The van der Waals surface area contributed by atoms with Gasteiger partial charge in [-0.05, 0) is 50.9 Å². The van der Waals surface area contributed by atoms with Gasteiger partial charge in [0.2, 0.25) is 0 Å². The normalized spacial score (nSPS) is 35.3. The second kappa shape index (κ2) is 6.19. The highest BCUT2D eigenvalue weighted by Gasteiger charge is 2.38. The van der Waals surface area contributed by atoms with Crippen molar-refractivity contribution >= 4 is 0 Å². The summed E-state index contributed by atoms with van der Waals surface area (Å²) in [6.07, 6.45) is 4.87. The maximum absolute atomic E-state index is 6.51. The van der Waals surface area contributed by atoms with Crippen molar-refractivity contribution < 1.29 is 4.74 Å². The molecule has 0 heterocycles. The molecule has 0 radical (unpaired) electrons. The number of nitrogens with two attached hydrogens (primary N) is 1. The third-order valence-electron chi connectivity index (χ3n) is 5.03. The minimum atomic E-state index is -0.139. The van der Waals surface area contributed by atoms with Gasteiger partial charge in [-0.15, -0.1) is 0 Å². The highest BCUT2D eigenvalue weighted by Crippen LogP contribution is 2.38. The van der Waals surface area contributed by atoms with E-state index in [-0.39, 0.29) is 11.6 Å². The average Bonchev–Trinajstić information content (AvgIpc) is 2.32. The predicted octanol–water partition coefficient (Wildman–Crippen LogP) is 3.59. The standard InChI is InChI=1S/C15H31NO/c1-6-15(5,17-7-2)14(16)13-9-8-11(3)12(4)10-13/h11-14H,6-10,16H2,1-5H3. The van der Waals surface area contributed by atoms with Crippen LogP contribution < -0.4 is 5.73 Å². The van der Waals surface area contributed by atoms with Crippen LogP contribution in [-0.4, -0.2) is 18.2 Å². The van der Waals surface area contributed by atoms with Crippen molar-refractivity contribution in [2.24, 2.45) is 23.5 Å². The first-order valence-corrected chi connectivity index (χ1v) is 7.34. The average molecular weight is 241 g/mol. The van der Waals surface area contributed by atoms with Gasteiger partial charge in [0.25, 0.3) is 0 Å². The molecule has 5 unspecified atom stereocenters. The monoisotopic (exact) mass is 241 g/mol. The SMILES string of the molecule is CCOC(C)(CC)C(N)C1CCC(C)C(C)C1. The molecule has 0 aromatic heterocycles. The lowest BCUT2D eigenvalue weighted by Crippen LogP contribution is -2.53. The van der Waals surface area contributed by atoms with Crippen molar-refractivity contribution in [3.63, 3.8) is 0 Å². The van der Waals surface area contributed by atoms with Crippen molar-refractivity contribution in [1.82, 2.24) is 0 Å². The molecule has 0 aromatic carbocycles. The van der Waals surface area contributed by atoms with Crippen LogP contribution in [-0.2, 0) is 4.74 Å². The van der Waals surface area contributed by atoms with Crippen LogP contribution in [0.15, 0.2) is 0 Å². The van der Waals surface area contributed by atoms with E-state index in [0.29, 0.717) is 5.92 Å². The summed E-state index contributed by atoms with van der Waals surface area (Å²) >= 11 is 0. The molecule has 1 fully saturated rings. The summed E-state index contributed by atoms with van der Waals surface area (Å²) in [6.45, 7) is 11.9. The fourth-order valence-electron chi connectivity index (χ4n) is 3.18. The summed E-state index contributed by atoms with van der Waals surface area (Å²) in [7, 11) is 0. The Morgan fingerprint density at radius 3 is 2.35 bits per heavy atom. The Morgan fingerprint density at radius 2 is 1.88 bits per heavy atom. The highest BCUT2D eigenvalue weighted by atomic mass is 16.5. The van der Waals surface area contributed by atoms with Gasteiger partial charge >= 0.3 is 0 Å². The number of hydrogen-bond donors (Lipinski definition) is 1. The molecule has 0 bridgehead atoms. The largest absolute Gasteiger partial charge is 0.374 e. The van der Waals surface area contributed by atoms with Gasteiger partial charge in [0.15, 0.2) is 0 Å². The summed E-state index contributed by atoms with van der Waals surface area (Å²) in [6, 6.07) is 0.183. The summed E-state index contributed by atoms with van der Waals surface area (Å²) < 4.78 is 5.93. The first kappa shape index (κ1) is 15.0. The van der Waals surface area contributed by atoms with Gasteiger partial charge < -0.3 is 10.5 Å². The Kier molecular flexibility index (Phi) is 5.46. The van der Waals surface area contributed by atoms with E-state index in [9.17, 15) is 0 Å². The van der Waals surface area contributed by atoms with Crippen LogP contribution in [0, 0.1) is 17.8 Å².